The molecule has 0 unspecified atom stereocenters. The van der Waals surface area contributed by atoms with E-state index in [0.717, 1.165) is 0 Å². The summed E-state index contributed by atoms with van der Waals surface area (Å²) in [5, 5.41) is 0.306. The van der Waals surface area contributed by atoms with Gasteiger partial charge in [0, 0.05) is 38.4 Å². The molecule has 0 bridgehead atoms. The van der Waals surface area contributed by atoms with Gasteiger partial charge in [0.1, 0.15) is 22.1 Å². The van der Waals surface area contributed by atoms with Crippen LogP contribution in [0.15, 0.2) is 12.3 Å². The predicted molar refractivity (Wildman–Crippen MR) is 93.4 cm³/mol. The minimum Gasteiger partial charge on any atom is -0.444 e. The maximum atomic E-state index is 12.2. The van der Waals surface area contributed by atoms with E-state index < -0.39 is 5.60 Å². The Bertz CT molecular complexity index is 806. The number of imidazole rings is 1. The molecule has 0 N–H and O–H groups in total. The van der Waals surface area contributed by atoms with Crippen molar-refractivity contribution in [3.63, 3.8) is 0 Å². The average molecular weight is 366 g/mol. The highest BCUT2D eigenvalue weighted by Gasteiger charge is 2.27. The summed E-state index contributed by atoms with van der Waals surface area (Å²) in [6, 6.07) is 1.61. The van der Waals surface area contributed by atoms with Crippen LogP contribution in [0.4, 0.5) is 10.7 Å². The number of ether oxygens (including phenoxy) is 1. The standard InChI is InChI=1S/C16H20ClN5O3/c1-16(2,3)25-15(24)21-6-4-20(5-7-21)14-19-12(17)8-13-18-11(10-23)9-22(13)14/h8-10H,4-7H2,1-3H3. The Morgan fingerprint density at radius 2 is 1.92 bits per heavy atom. The van der Waals surface area contributed by atoms with E-state index in [9.17, 15) is 9.59 Å². The van der Waals surface area contributed by atoms with Gasteiger partial charge < -0.3 is 14.5 Å². The molecule has 1 aliphatic heterocycles. The molecule has 0 aromatic carbocycles. The summed E-state index contributed by atoms with van der Waals surface area (Å²) >= 11 is 6.08. The molecule has 1 saturated heterocycles. The number of aromatic nitrogens is 3. The van der Waals surface area contributed by atoms with Crippen LogP contribution < -0.4 is 4.90 Å². The van der Waals surface area contributed by atoms with Gasteiger partial charge in [-0.3, -0.25) is 9.20 Å². The molecule has 8 nitrogen and oxygen atoms in total. The number of carbonyl (C=O) groups is 2. The number of amides is 1. The molecule has 1 aliphatic rings. The number of hydrogen-bond donors (Lipinski definition) is 0. The monoisotopic (exact) mass is 365 g/mol. The fraction of sp³-hybridized carbons (Fsp3) is 0.500. The SMILES string of the molecule is CC(C)(C)OC(=O)N1CCN(c2nc(Cl)cc3nc(C=O)cn23)CC1. The molecule has 25 heavy (non-hydrogen) atoms. The molecular formula is C16H20ClN5O3. The Kier molecular flexibility index (Phi) is 4.55. The number of hydrogen-bond acceptors (Lipinski definition) is 6. The number of fused-ring (bicyclic) bond motifs is 1. The molecule has 2 aromatic heterocycles. The zero-order valence-corrected chi connectivity index (χ0v) is 15.2. The number of nitrogens with zero attached hydrogens (tertiary/aromatic N) is 5. The van der Waals surface area contributed by atoms with Crippen molar-refractivity contribution in [1.29, 1.82) is 0 Å². The molecule has 0 aliphatic carbocycles. The van der Waals surface area contributed by atoms with Crippen molar-refractivity contribution >= 4 is 35.6 Å². The van der Waals surface area contributed by atoms with Crippen molar-refractivity contribution in [3.05, 3.63) is 23.1 Å². The summed E-state index contributed by atoms with van der Waals surface area (Å²) in [4.78, 5) is 35.4. The van der Waals surface area contributed by atoms with Gasteiger partial charge in [0.15, 0.2) is 6.29 Å². The van der Waals surface area contributed by atoms with Crippen molar-refractivity contribution in [3.8, 4) is 0 Å². The lowest BCUT2D eigenvalue weighted by molar-refractivity contribution is 0.0240. The van der Waals surface area contributed by atoms with Gasteiger partial charge in [-0.2, -0.15) is 0 Å². The number of anilines is 1. The summed E-state index contributed by atoms with van der Waals surface area (Å²) in [6.07, 6.45) is 1.99. The third-order valence-corrected chi connectivity index (χ3v) is 3.95. The molecule has 1 amide bonds. The molecule has 3 heterocycles. The fourth-order valence-corrected chi connectivity index (χ4v) is 2.83. The number of aldehydes is 1. The quantitative estimate of drug-likeness (QED) is 0.600. The van der Waals surface area contributed by atoms with Crippen molar-refractivity contribution in [2.75, 3.05) is 31.1 Å². The fourth-order valence-electron chi connectivity index (χ4n) is 2.66. The minimum atomic E-state index is -0.517. The molecule has 9 heteroatoms. The van der Waals surface area contributed by atoms with Crippen LogP contribution in [0.2, 0.25) is 5.15 Å². The number of carbonyl (C=O) groups excluding carboxylic acids is 2. The predicted octanol–water partition coefficient (Wildman–Crippen LogP) is 2.25. The van der Waals surface area contributed by atoms with E-state index in [-0.39, 0.29) is 6.09 Å². The second-order valence-electron chi connectivity index (χ2n) is 6.85. The zero-order chi connectivity index (χ0) is 18.2. The summed E-state index contributed by atoms with van der Waals surface area (Å²) in [7, 11) is 0. The molecule has 2 aromatic rings. The first kappa shape index (κ1) is 17.5. The highest BCUT2D eigenvalue weighted by atomic mass is 35.5. The minimum absolute atomic E-state index is 0.306. The van der Waals surface area contributed by atoms with Crippen molar-refractivity contribution in [1.82, 2.24) is 19.3 Å². The Balaban J connectivity index is 1.77. The normalized spacial score (nSPS) is 15.5. The van der Waals surface area contributed by atoms with E-state index in [1.54, 1.807) is 21.6 Å². The first-order valence-corrected chi connectivity index (χ1v) is 8.38. The smallest absolute Gasteiger partial charge is 0.410 e. The van der Waals surface area contributed by atoms with E-state index in [2.05, 4.69) is 9.97 Å². The molecule has 134 valence electrons. The lowest BCUT2D eigenvalue weighted by atomic mass is 10.2. The molecule has 0 saturated carbocycles. The highest BCUT2D eigenvalue weighted by Crippen LogP contribution is 2.21. The lowest BCUT2D eigenvalue weighted by Crippen LogP contribution is -2.50. The number of halogens is 1. The van der Waals surface area contributed by atoms with Crippen LogP contribution in [-0.4, -0.2) is 63.4 Å². The van der Waals surface area contributed by atoms with Gasteiger partial charge in [-0.15, -0.1) is 0 Å². The van der Waals surface area contributed by atoms with Gasteiger partial charge in [0.25, 0.3) is 0 Å². The van der Waals surface area contributed by atoms with Crippen LogP contribution in [0.5, 0.6) is 0 Å². The van der Waals surface area contributed by atoms with Gasteiger partial charge in [-0.05, 0) is 20.8 Å². The number of rotatable bonds is 2. The van der Waals surface area contributed by atoms with Crippen LogP contribution in [0.25, 0.3) is 5.65 Å². The largest absolute Gasteiger partial charge is 0.444 e. The zero-order valence-electron chi connectivity index (χ0n) is 14.4. The van der Waals surface area contributed by atoms with Gasteiger partial charge in [-0.1, -0.05) is 11.6 Å². The average Bonchev–Trinajstić information content (AvgIpc) is 2.95. The van der Waals surface area contributed by atoms with E-state index in [1.807, 2.05) is 25.7 Å². The van der Waals surface area contributed by atoms with Crippen molar-refractivity contribution in [2.24, 2.45) is 0 Å². The maximum Gasteiger partial charge on any atom is 0.410 e. The molecule has 1 fully saturated rings. The summed E-state index contributed by atoms with van der Waals surface area (Å²) < 4.78 is 7.14. The third kappa shape index (κ3) is 3.84. The van der Waals surface area contributed by atoms with E-state index in [0.29, 0.717) is 54.9 Å². The van der Waals surface area contributed by atoms with Crippen LogP contribution >= 0.6 is 11.6 Å². The second kappa shape index (κ2) is 6.51. The molecule has 0 spiro atoms. The Hall–Kier alpha value is -2.35. The summed E-state index contributed by atoms with van der Waals surface area (Å²) in [5.74, 6) is 0.604. The lowest BCUT2D eigenvalue weighted by Gasteiger charge is -2.36. The van der Waals surface area contributed by atoms with Gasteiger partial charge in [0.2, 0.25) is 5.95 Å². The maximum absolute atomic E-state index is 12.2. The topological polar surface area (TPSA) is 80.0 Å². The summed E-state index contributed by atoms with van der Waals surface area (Å²) in [5.41, 5.74) is 0.362. The molecule has 3 rings (SSSR count). The second-order valence-corrected chi connectivity index (χ2v) is 7.23. The molecular weight excluding hydrogens is 346 g/mol. The molecule has 0 atom stereocenters. The van der Waals surface area contributed by atoms with Crippen LogP contribution in [-0.2, 0) is 4.74 Å². The van der Waals surface area contributed by atoms with E-state index in [4.69, 9.17) is 16.3 Å². The van der Waals surface area contributed by atoms with Crippen LogP contribution in [0.1, 0.15) is 31.3 Å². The Labute approximate surface area is 150 Å². The summed E-state index contributed by atoms with van der Waals surface area (Å²) in [6.45, 7) is 7.72. The van der Waals surface area contributed by atoms with Crippen molar-refractivity contribution < 1.29 is 14.3 Å². The van der Waals surface area contributed by atoms with E-state index >= 15 is 0 Å². The Morgan fingerprint density at radius 1 is 1.24 bits per heavy atom. The van der Waals surface area contributed by atoms with Gasteiger partial charge in [0.05, 0.1) is 0 Å². The van der Waals surface area contributed by atoms with Crippen LogP contribution in [0.3, 0.4) is 0 Å². The van der Waals surface area contributed by atoms with Crippen molar-refractivity contribution in [2.45, 2.75) is 26.4 Å². The highest BCUT2D eigenvalue weighted by molar-refractivity contribution is 6.29. The van der Waals surface area contributed by atoms with E-state index in [1.165, 1.54) is 0 Å². The van der Waals surface area contributed by atoms with Gasteiger partial charge >= 0.3 is 6.09 Å². The third-order valence-electron chi connectivity index (χ3n) is 3.76. The Morgan fingerprint density at radius 3 is 2.52 bits per heavy atom. The first-order chi connectivity index (χ1) is 11.8. The molecule has 0 radical (unpaired) electrons. The number of piperazine rings is 1. The van der Waals surface area contributed by atoms with Crippen LogP contribution in [0, 0.1) is 0 Å². The first-order valence-electron chi connectivity index (χ1n) is 8.00. The van der Waals surface area contributed by atoms with Gasteiger partial charge in [-0.25, -0.2) is 14.8 Å².